The minimum absolute atomic E-state index is 0.161. The maximum atomic E-state index is 12.3. The number of nitrogens with zero attached hydrogens (tertiary/aromatic N) is 2. The SMILES string of the molecule is CN1CCN(c2ccc(NC(=S)NC(=O)/C=C/c3ccc(-c4cccc(Cl)c4Cl)o3)cc2Cl)CC1. The first-order valence-electron chi connectivity index (χ1n) is 10.9. The molecular formula is C25H23Cl3N4O2S. The molecule has 6 nitrogen and oxygen atoms in total. The summed E-state index contributed by atoms with van der Waals surface area (Å²) in [5, 5.41) is 7.23. The molecule has 1 saturated heterocycles. The summed E-state index contributed by atoms with van der Waals surface area (Å²) in [6, 6.07) is 14.4. The van der Waals surface area contributed by atoms with E-state index in [4.69, 9.17) is 51.4 Å². The van der Waals surface area contributed by atoms with Crippen LogP contribution >= 0.6 is 47.0 Å². The number of furan rings is 1. The van der Waals surface area contributed by atoms with Gasteiger partial charge in [0.25, 0.3) is 0 Å². The lowest BCUT2D eigenvalue weighted by atomic mass is 10.2. The third kappa shape index (κ3) is 6.57. The van der Waals surface area contributed by atoms with Crippen molar-refractivity contribution in [3.8, 4) is 11.3 Å². The predicted octanol–water partition coefficient (Wildman–Crippen LogP) is 6.19. The van der Waals surface area contributed by atoms with E-state index >= 15 is 0 Å². The van der Waals surface area contributed by atoms with Crippen LogP contribution in [0.5, 0.6) is 0 Å². The molecule has 0 bridgehead atoms. The lowest BCUT2D eigenvalue weighted by Crippen LogP contribution is -2.44. The van der Waals surface area contributed by atoms with E-state index in [9.17, 15) is 4.79 Å². The first kappa shape index (κ1) is 25.5. The van der Waals surface area contributed by atoms with E-state index in [-0.39, 0.29) is 5.11 Å². The van der Waals surface area contributed by atoms with Crippen molar-refractivity contribution in [2.24, 2.45) is 0 Å². The number of halogens is 3. The van der Waals surface area contributed by atoms with E-state index < -0.39 is 5.91 Å². The first-order valence-corrected chi connectivity index (χ1v) is 12.4. The minimum Gasteiger partial charge on any atom is -0.457 e. The zero-order valence-corrected chi connectivity index (χ0v) is 21.9. The number of rotatable bonds is 5. The summed E-state index contributed by atoms with van der Waals surface area (Å²) in [6.07, 6.45) is 2.88. The summed E-state index contributed by atoms with van der Waals surface area (Å²) >= 11 is 24.1. The van der Waals surface area contributed by atoms with Crippen molar-refractivity contribution in [2.75, 3.05) is 43.4 Å². The van der Waals surface area contributed by atoms with E-state index in [1.165, 1.54) is 6.08 Å². The van der Waals surface area contributed by atoms with Gasteiger partial charge < -0.3 is 19.5 Å². The van der Waals surface area contributed by atoms with Gasteiger partial charge in [-0.15, -0.1) is 0 Å². The van der Waals surface area contributed by atoms with E-state index in [0.29, 0.717) is 37.8 Å². The molecule has 0 atom stereocenters. The average molecular weight is 550 g/mol. The fourth-order valence-corrected chi connectivity index (χ4v) is 4.56. The highest BCUT2D eigenvalue weighted by Gasteiger charge is 2.17. The Balaban J connectivity index is 1.32. The molecule has 0 saturated carbocycles. The molecule has 2 N–H and O–H groups in total. The second kappa shape index (κ2) is 11.5. The summed E-state index contributed by atoms with van der Waals surface area (Å²) in [5.74, 6) is 0.629. The second-order valence-corrected chi connectivity index (χ2v) is 9.64. The zero-order chi connectivity index (χ0) is 24.9. The van der Waals surface area contributed by atoms with Crippen molar-refractivity contribution in [1.82, 2.24) is 10.2 Å². The van der Waals surface area contributed by atoms with Gasteiger partial charge in [-0.3, -0.25) is 10.1 Å². The molecule has 1 aliphatic rings. The van der Waals surface area contributed by atoms with Crippen LogP contribution in [-0.4, -0.2) is 49.1 Å². The van der Waals surface area contributed by atoms with Gasteiger partial charge in [0.05, 0.1) is 20.8 Å². The van der Waals surface area contributed by atoms with Gasteiger partial charge >= 0.3 is 0 Å². The van der Waals surface area contributed by atoms with E-state index in [1.54, 1.807) is 42.5 Å². The van der Waals surface area contributed by atoms with Crippen molar-refractivity contribution >= 4 is 75.5 Å². The van der Waals surface area contributed by atoms with Gasteiger partial charge in [0.15, 0.2) is 5.11 Å². The lowest BCUT2D eigenvalue weighted by Gasteiger charge is -2.34. The standard InChI is InChI=1S/C25H23Cl3N4O2S/c1-31-11-13-32(14-12-31)21-8-5-16(15-20(21)27)29-25(35)30-23(33)10-7-17-6-9-22(34-17)18-3-2-4-19(26)24(18)28/h2-10,15H,11-14H2,1H3,(H2,29,30,33,35)/b10-7+. The molecule has 4 rings (SSSR count). The highest BCUT2D eigenvalue weighted by atomic mass is 35.5. The predicted molar refractivity (Wildman–Crippen MR) is 149 cm³/mol. The molecule has 35 heavy (non-hydrogen) atoms. The van der Waals surface area contributed by atoms with E-state index in [1.807, 2.05) is 12.1 Å². The summed E-state index contributed by atoms with van der Waals surface area (Å²) in [5.41, 5.74) is 2.35. The molecule has 0 spiro atoms. The van der Waals surface area contributed by atoms with Crippen molar-refractivity contribution in [3.05, 3.63) is 75.4 Å². The number of hydrogen-bond acceptors (Lipinski definition) is 5. The summed E-state index contributed by atoms with van der Waals surface area (Å²) < 4.78 is 5.76. The Labute approximate surface area is 224 Å². The van der Waals surface area contributed by atoms with Crippen LogP contribution in [0.3, 0.4) is 0 Å². The van der Waals surface area contributed by atoms with E-state index in [0.717, 1.165) is 31.9 Å². The molecule has 2 aromatic carbocycles. The average Bonchev–Trinajstić information content (AvgIpc) is 3.29. The van der Waals surface area contributed by atoms with Crippen molar-refractivity contribution in [3.63, 3.8) is 0 Å². The van der Waals surface area contributed by atoms with Crippen LogP contribution in [0.4, 0.5) is 11.4 Å². The van der Waals surface area contributed by atoms with Crippen molar-refractivity contribution in [2.45, 2.75) is 0 Å². The minimum atomic E-state index is -0.401. The Kier molecular flexibility index (Phi) is 8.36. The highest BCUT2D eigenvalue weighted by Crippen LogP contribution is 2.34. The number of piperazine rings is 1. The Hall–Kier alpha value is -2.55. The van der Waals surface area contributed by atoms with Gasteiger partial charge in [0, 0.05) is 43.5 Å². The Morgan fingerprint density at radius 3 is 2.54 bits per heavy atom. The second-order valence-electron chi connectivity index (χ2n) is 8.04. The third-order valence-electron chi connectivity index (χ3n) is 5.53. The molecule has 10 heteroatoms. The number of thiocarbonyl (C=S) groups is 1. The largest absolute Gasteiger partial charge is 0.457 e. The number of amides is 1. The van der Waals surface area contributed by atoms with Gasteiger partial charge in [0.2, 0.25) is 5.91 Å². The van der Waals surface area contributed by atoms with Crippen LogP contribution in [0.2, 0.25) is 15.1 Å². The maximum absolute atomic E-state index is 12.3. The molecule has 0 aliphatic carbocycles. The number of nitrogens with one attached hydrogen (secondary N) is 2. The topological polar surface area (TPSA) is 60.8 Å². The van der Waals surface area contributed by atoms with Crippen molar-refractivity contribution in [1.29, 1.82) is 0 Å². The zero-order valence-electron chi connectivity index (χ0n) is 18.9. The van der Waals surface area contributed by atoms with Crippen LogP contribution in [0.15, 0.2) is 59.0 Å². The number of carbonyl (C=O) groups is 1. The maximum Gasteiger partial charge on any atom is 0.250 e. The van der Waals surface area contributed by atoms with Gasteiger partial charge in [-0.1, -0.05) is 40.9 Å². The van der Waals surface area contributed by atoms with Crippen LogP contribution in [0.1, 0.15) is 5.76 Å². The third-order valence-corrected chi connectivity index (χ3v) is 6.85. The number of anilines is 2. The molecule has 0 radical (unpaired) electrons. The van der Waals surface area contributed by atoms with Gasteiger partial charge in [-0.2, -0.15) is 0 Å². The summed E-state index contributed by atoms with van der Waals surface area (Å²) in [4.78, 5) is 16.9. The fourth-order valence-electron chi connectivity index (χ4n) is 3.64. The fraction of sp³-hybridized carbons (Fsp3) is 0.200. The lowest BCUT2D eigenvalue weighted by molar-refractivity contribution is -0.115. The van der Waals surface area contributed by atoms with Gasteiger partial charge in [0.1, 0.15) is 11.5 Å². The molecule has 3 aromatic rings. The number of carbonyl (C=O) groups excluding carboxylic acids is 1. The Morgan fingerprint density at radius 2 is 1.80 bits per heavy atom. The normalized spacial score (nSPS) is 14.3. The molecular weight excluding hydrogens is 527 g/mol. The molecule has 1 aliphatic heterocycles. The highest BCUT2D eigenvalue weighted by molar-refractivity contribution is 7.80. The van der Waals surface area contributed by atoms with Crippen LogP contribution in [-0.2, 0) is 4.79 Å². The van der Waals surface area contributed by atoms with Gasteiger partial charge in [-0.25, -0.2) is 0 Å². The number of likely N-dealkylation sites (N-methyl/N-ethyl adjacent to an activating group) is 1. The van der Waals surface area contributed by atoms with Crippen LogP contribution in [0, 0.1) is 0 Å². The molecule has 182 valence electrons. The molecule has 1 aromatic heterocycles. The smallest absolute Gasteiger partial charge is 0.250 e. The summed E-state index contributed by atoms with van der Waals surface area (Å²) in [6.45, 7) is 3.83. The van der Waals surface area contributed by atoms with Crippen molar-refractivity contribution < 1.29 is 9.21 Å². The molecule has 1 amide bonds. The van der Waals surface area contributed by atoms with Crippen LogP contribution in [0.25, 0.3) is 17.4 Å². The first-order chi connectivity index (χ1) is 16.8. The monoisotopic (exact) mass is 548 g/mol. The summed E-state index contributed by atoms with van der Waals surface area (Å²) in [7, 11) is 2.11. The Morgan fingerprint density at radius 1 is 1.03 bits per heavy atom. The Bertz CT molecular complexity index is 1270. The molecule has 2 heterocycles. The van der Waals surface area contributed by atoms with Crippen LogP contribution < -0.4 is 15.5 Å². The van der Waals surface area contributed by atoms with E-state index in [2.05, 4.69) is 27.5 Å². The molecule has 1 fully saturated rings. The van der Waals surface area contributed by atoms with Gasteiger partial charge in [-0.05, 0) is 67.8 Å². The molecule has 0 unspecified atom stereocenters. The number of benzene rings is 2. The quantitative estimate of drug-likeness (QED) is 0.293. The number of hydrogen-bond donors (Lipinski definition) is 2.